The van der Waals surface area contributed by atoms with Gasteiger partial charge in [0.15, 0.2) is 0 Å². The molecule has 0 rings (SSSR count). The average Bonchev–Trinajstić information content (AvgIpc) is 1.76. The molecule has 0 aromatic rings. The van der Waals surface area contributed by atoms with Crippen molar-refractivity contribution in [1.82, 2.24) is 0 Å². The Kier molecular flexibility index (Phi) is 45.1. The van der Waals surface area contributed by atoms with E-state index in [1.807, 2.05) is 0 Å². The van der Waals surface area contributed by atoms with E-state index < -0.39 is 29.3 Å². The van der Waals surface area contributed by atoms with Crippen LogP contribution in [0.15, 0.2) is 0 Å². The maximum atomic E-state index is 7.17. The first-order valence-electron chi connectivity index (χ1n) is 3.10. The fraction of sp³-hybridized carbons (Fsp3) is 0. The van der Waals surface area contributed by atoms with Crippen LogP contribution in [0.1, 0.15) is 0 Å². The zero-order valence-corrected chi connectivity index (χ0v) is 9.36. The minimum absolute atomic E-state index is 0. The third-order valence-electron chi connectivity index (χ3n) is 0. The topological polar surface area (TPSA) is 243 Å². The molecule has 0 saturated carbocycles. The SMILES string of the molecule is OB(O)O.OB(O)O.OB(O)O.OB(O)O.[Cr]. The zero-order chi connectivity index (χ0) is 14.3. The van der Waals surface area contributed by atoms with Gasteiger partial charge in [-0.05, 0) is 0 Å². The molecule has 102 valence electrons. The van der Waals surface area contributed by atoms with E-state index in [1.165, 1.54) is 0 Å². The Bertz CT molecular complexity index is 61.5. The molecule has 12 nitrogen and oxygen atoms in total. The molecule has 0 aliphatic carbocycles. The smallest absolute Gasteiger partial charge is 0.402 e. The van der Waals surface area contributed by atoms with Crippen LogP contribution in [0.5, 0.6) is 0 Å². The summed E-state index contributed by atoms with van der Waals surface area (Å²) in [4.78, 5) is 0. The van der Waals surface area contributed by atoms with Crippen molar-refractivity contribution >= 4 is 29.3 Å². The molecule has 0 aromatic carbocycles. The van der Waals surface area contributed by atoms with Crippen LogP contribution in [0.4, 0.5) is 0 Å². The van der Waals surface area contributed by atoms with Crippen molar-refractivity contribution in [2.24, 2.45) is 0 Å². The standard InChI is InChI=1S/4BH3O3.Cr/c4*2-1(3)4;/h4*2-4H;. The van der Waals surface area contributed by atoms with Gasteiger partial charge in [-0.15, -0.1) is 0 Å². The normalized spacial score (nSPS) is 6.35. The van der Waals surface area contributed by atoms with E-state index in [9.17, 15) is 0 Å². The molecule has 0 spiro atoms. The maximum absolute atomic E-state index is 7.17. The average molecular weight is 299 g/mol. The van der Waals surface area contributed by atoms with Gasteiger partial charge in [0, 0.05) is 17.4 Å². The monoisotopic (exact) mass is 300 g/mol. The minimum atomic E-state index is -2.17. The Morgan fingerprint density at radius 3 is 0.294 bits per heavy atom. The van der Waals surface area contributed by atoms with Gasteiger partial charge < -0.3 is 60.3 Å². The Morgan fingerprint density at radius 2 is 0.294 bits per heavy atom. The van der Waals surface area contributed by atoms with E-state index in [4.69, 9.17) is 60.3 Å². The van der Waals surface area contributed by atoms with Crippen LogP contribution < -0.4 is 0 Å². The molecule has 0 radical (unpaired) electrons. The summed E-state index contributed by atoms with van der Waals surface area (Å²) in [7, 11) is -8.67. The van der Waals surface area contributed by atoms with Crippen LogP contribution in [-0.4, -0.2) is 89.6 Å². The molecule has 0 saturated heterocycles. The number of hydrogen-bond acceptors (Lipinski definition) is 12. The van der Waals surface area contributed by atoms with Crippen LogP contribution in [0.3, 0.4) is 0 Å². The van der Waals surface area contributed by atoms with Crippen molar-refractivity contribution in [3.05, 3.63) is 0 Å². The Morgan fingerprint density at radius 1 is 0.294 bits per heavy atom. The van der Waals surface area contributed by atoms with E-state index in [1.54, 1.807) is 0 Å². The van der Waals surface area contributed by atoms with Crippen LogP contribution in [-0.2, 0) is 17.4 Å². The summed E-state index contributed by atoms with van der Waals surface area (Å²) in [5.41, 5.74) is 0. The van der Waals surface area contributed by atoms with Crippen molar-refractivity contribution in [1.29, 1.82) is 0 Å². The molecular formula is H12B4CrO12. The summed E-state index contributed by atoms with van der Waals surface area (Å²) in [5.74, 6) is 0. The molecular weight excluding hydrogens is 287 g/mol. The third kappa shape index (κ3) is 34300. The van der Waals surface area contributed by atoms with Gasteiger partial charge >= 0.3 is 29.3 Å². The Labute approximate surface area is 108 Å². The fourth-order valence-electron chi connectivity index (χ4n) is 0. The summed E-state index contributed by atoms with van der Waals surface area (Å²) in [6, 6.07) is 0. The first kappa shape index (κ1) is 30.4. The first-order chi connectivity index (χ1) is 6.93. The van der Waals surface area contributed by atoms with E-state index in [0.29, 0.717) is 0 Å². The van der Waals surface area contributed by atoms with E-state index >= 15 is 0 Å². The second-order valence-electron chi connectivity index (χ2n) is 1.39. The summed E-state index contributed by atoms with van der Waals surface area (Å²) >= 11 is 0. The molecule has 0 bridgehead atoms. The van der Waals surface area contributed by atoms with Crippen molar-refractivity contribution < 1.29 is 77.6 Å². The van der Waals surface area contributed by atoms with Crippen molar-refractivity contribution in [3.63, 3.8) is 0 Å². The molecule has 0 fully saturated rings. The molecule has 0 aromatic heterocycles. The molecule has 17 heavy (non-hydrogen) atoms. The van der Waals surface area contributed by atoms with Gasteiger partial charge in [-0.2, -0.15) is 0 Å². The van der Waals surface area contributed by atoms with Crippen LogP contribution in [0, 0.1) is 0 Å². The van der Waals surface area contributed by atoms with Crippen LogP contribution >= 0.6 is 0 Å². The minimum Gasteiger partial charge on any atom is -0.402 e. The molecule has 17 heteroatoms. The van der Waals surface area contributed by atoms with E-state index in [-0.39, 0.29) is 17.4 Å². The summed E-state index contributed by atoms with van der Waals surface area (Å²) in [6.45, 7) is 0. The predicted molar refractivity (Wildman–Crippen MR) is 49.6 cm³/mol. The first-order valence-corrected chi connectivity index (χ1v) is 3.10. The molecule has 0 atom stereocenters. The van der Waals surface area contributed by atoms with Gasteiger partial charge in [0.1, 0.15) is 0 Å². The zero-order valence-electron chi connectivity index (χ0n) is 8.08. The summed E-state index contributed by atoms with van der Waals surface area (Å²) in [5, 5.41) is 86.0. The number of hydrogen-bond donors (Lipinski definition) is 12. The molecule has 0 unspecified atom stereocenters. The van der Waals surface area contributed by atoms with E-state index in [0.717, 1.165) is 0 Å². The van der Waals surface area contributed by atoms with Gasteiger partial charge in [-0.3, -0.25) is 0 Å². The van der Waals surface area contributed by atoms with Crippen molar-refractivity contribution in [2.45, 2.75) is 0 Å². The van der Waals surface area contributed by atoms with Gasteiger partial charge in [-0.1, -0.05) is 0 Å². The molecule has 0 aliphatic rings. The third-order valence-corrected chi connectivity index (χ3v) is 0. The fourth-order valence-corrected chi connectivity index (χ4v) is 0. The quantitative estimate of drug-likeness (QED) is 0.186. The van der Waals surface area contributed by atoms with Crippen LogP contribution in [0.25, 0.3) is 0 Å². The van der Waals surface area contributed by atoms with Gasteiger partial charge in [-0.25, -0.2) is 0 Å². The summed E-state index contributed by atoms with van der Waals surface area (Å²) in [6.07, 6.45) is 0. The molecule has 0 heterocycles. The maximum Gasteiger partial charge on any atom is 0.631 e. The molecule has 0 aliphatic heterocycles. The molecule has 0 amide bonds. The second kappa shape index (κ2) is 25.2. The van der Waals surface area contributed by atoms with Gasteiger partial charge in [0.05, 0.1) is 0 Å². The van der Waals surface area contributed by atoms with Gasteiger partial charge in [0.2, 0.25) is 0 Å². The molecule has 12 N–H and O–H groups in total. The summed E-state index contributed by atoms with van der Waals surface area (Å²) < 4.78 is 0. The van der Waals surface area contributed by atoms with E-state index in [2.05, 4.69) is 0 Å². The van der Waals surface area contributed by atoms with Crippen LogP contribution in [0.2, 0.25) is 0 Å². The van der Waals surface area contributed by atoms with Crippen molar-refractivity contribution in [3.8, 4) is 0 Å². The van der Waals surface area contributed by atoms with Crippen molar-refractivity contribution in [2.75, 3.05) is 0 Å². The second-order valence-corrected chi connectivity index (χ2v) is 1.39. The van der Waals surface area contributed by atoms with Gasteiger partial charge in [0.25, 0.3) is 0 Å². The Hall–Kier alpha value is 0.312. The Balaban J connectivity index is -0.0000000369. The predicted octanol–water partition coefficient (Wildman–Crippen LogP) is -8.21. The largest absolute Gasteiger partial charge is 0.631 e. The number of rotatable bonds is 0.